The molecule has 0 aromatic rings. The molecule has 0 aliphatic carbocycles. The highest BCUT2D eigenvalue weighted by atomic mass is 16.5. The lowest BCUT2D eigenvalue weighted by Gasteiger charge is -2.43. The average Bonchev–Trinajstić information content (AvgIpc) is 2.05. The molecular weight excluding hydrogens is 212 g/mol. The predicted molar refractivity (Wildman–Crippen MR) is 71.2 cm³/mol. The van der Waals surface area contributed by atoms with Crippen LogP contribution in [0.2, 0.25) is 0 Å². The van der Waals surface area contributed by atoms with Gasteiger partial charge in [0.05, 0.1) is 11.7 Å². The molecule has 3 nitrogen and oxygen atoms in total. The van der Waals surface area contributed by atoms with Crippen molar-refractivity contribution in [2.45, 2.75) is 52.2 Å². The van der Waals surface area contributed by atoms with Gasteiger partial charge in [0.15, 0.2) is 0 Å². The minimum Gasteiger partial charge on any atom is -0.370 e. The fourth-order valence-electron chi connectivity index (χ4n) is 2.52. The number of rotatable bonds is 6. The molecule has 2 saturated heterocycles. The largest absolute Gasteiger partial charge is 0.370 e. The van der Waals surface area contributed by atoms with Crippen LogP contribution < -0.4 is 10.6 Å². The van der Waals surface area contributed by atoms with Crippen molar-refractivity contribution in [2.24, 2.45) is 11.3 Å². The van der Waals surface area contributed by atoms with E-state index < -0.39 is 0 Å². The topological polar surface area (TPSA) is 33.3 Å². The molecule has 2 aliphatic rings. The summed E-state index contributed by atoms with van der Waals surface area (Å²) in [5, 5.41) is 6.63. The van der Waals surface area contributed by atoms with Gasteiger partial charge in [0.2, 0.25) is 0 Å². The van der Waals surface area contributed by atoms with Crippen LogP contribution in [-0.2, 0) is 4.74 Å². The monoisotopic (exact) mass is 240 g/mol. The van der Waals surface area contributed by atoms with E-state index in [1.54, 1.807) is 0 Å². The average molecular weight is 240 g/mol. The molecule has 0 unspecified atom stereocenters. The Labute approximate surface area is 106 Å². The number of nitrogens with one attached hydrogen (secondary N) is 2. The van der Waals surface area contributed by atoms with Crippen LogP contribution in [0, 0.1) is 11.3 Å². The zero-order valence-electron chi connectivity index (χ0n) is 11.8. The Morgan fingerprint density at radius 2 is 1.53 bits per heavy atom. The molecule has 0 radical (unpaired) electrons. The molecule has 0 atom stereocenters. The molecular formula is C14H28N2O. The Morgan fingerprint density at radius 3 is 1.94 bits per heavy atom. The van der Waals surface area contributed by atoms with E-state index in [2.05, 4.69) is 38.3 Å². The Bertz CT molecular complexity index is 255. The molecule has 2 rings (SSSR count). The van der Waals surface area contributed by atoms with E-state index in [4.69, 9.17) is 4.74 Å². The first-order chi connectivity index (χ1) is 7.89. The van der Waals surface area contributed by atoms with Gasteiger partial charge in [0, 0.05) is 13.1 Å². The lowest BCUT2D eigenvalue weighted by molar-refractivity contribution is -0.100. The zero-order chi connectivity index (χ0) is 12.5. The summed E-state index contributed by atoms with van der Waals surface area (Å²) in [6.45, 7) is 13.7. The summed E-state index contributed by atoms with van der Waals surface area (Å²) in [5.74, 6) is 0.851. The van der Waals surface area contributed by atoms with Crippen molar-refractivity contribution in [3.8, 4) is 0 Å². The minimum atomic E-state index is 0.0290. The number of hydrogen-bond donors (Lipinski definition) is 2. The third-order valence-corrected chi connectivity index (χ3v) is 4.49. The van der Waals surface area contributed by atoms with Crippen molar-refractivity contribution < 1.29 is 4.74 Å². The molecule has 3 heteroatoms. The van der Waals surface area contributed by atoms with Crippen molar-refractivity contribution in [3.63, 3.8) is 0 Å². The molecule has 0 amide bonds. The van der Waals surface area contributed by atoms with Gasteiger partial charge in [0.25, 0.3) is 0 Å². The van der Waals surface area contributed by atoms with Gasteiger partial charge < -0.3 is 15.4 Å². The lowest BCUT2D eigenvalue weighted by Crippen LogP contribution is -2.52. The van der Waals surface area contributed by atoms with Crippen molar-refractivity contribution in [2.75, 3.05) is 26.2 Å². The van der Waals surface area contributed by atoms with Crippen molar-refractivity contribution in [1.82, 2.24) is 10.6 Å². The molecule has 0 bridgehead atoms. The lowest BCUT2D eigenvalue weighted by atomic mass is 9.71. The molecule has 0 aromatic carbocycles. The van der Waals surface area contributed by atoms with Crippen molar-refractivity contribution >= 4 is 0 Å². The summed E-state index contributed by atoms with van der Waals surface area (Å²) in [4.78, 5) is 0. The van der Waals surface area contributed by atoms with Crippen LogP contribution in [0.1, 0.15) is 40.5 Å². The maximum atomic E-state index is 6.12. The van der Waals surface area contributed by atoms with Crippen LogP contribution >= 0.6 is 0 Å². The van der Waals surface area contributed by atoms with Crippen LogP contribution in [0.25, 0.3) is 0 Å². The minimum absolute atomic E-state index is 0.0290. The third-order valence-electron chi connectivity index (χ3n) is 4.49. The Balaban J connectivity index is 1.74. The first-order valence-corrected chi connectivity index (χ1v) is 6.98. The number of hydrogen-bond acceptors (Lipinski definition) is 3. The van der Waals surface area contributed by atoms with E-state index in [1.807, 2.05) is 0 Å². The van der Waals surface area contributed by atoms with Gasteiger partial charge in [-0.15, -0.1) is 0 Å². The molecule has 0 saturated carbocycles. The molecule has 17 heavy (non-hydrogen) atoms. The quantitative estimate of drug-likeness (QED) is 0.742. The molecule has 0 spiro atoms. The Kier molecular flexibility index (Phi) is 3.81. The van der Waals surface area contributed by atoms with Crippen molar-refractivity contribution in [1.29, 1.82) is 0 Å². The van der Waals surface area contributed by atoms with E-state index >= 15 is 0 Å². The van der Waals surface area contributed by atoms with Crippen LogP contribution in [-0.4, -0.2) is 37.9 Å². The summed E-state index contributed by atoms with van der Waals surface area (Å²) < 4.78 is 6.12. The fraction of sp³-hybridized carbons (Fsp3) is 1.00. The second-order valence-electron chi connectivity index (χ2n) is 7.00. The Hall–Kier alpha value is -0.120. The number of ether oxygens (including phenoxy) is 1. The normalized spacial score (nSPS) is 23.3. The van der Waals surface area contributed by atoms with Gasteiger partial charge in [-0.1, -0.05) is 13.8 Å². The second-order valence-corrected chi connectivity index (χ2v) is 7.00. The van der Waals surface area contributed by atoms with E-state index in [9.17, 15) is 0 Å². The Morgan fingerprint density at radius 1 is 0.941 bits per heavy atom. The molecule has 2 aliphatic heterocycles. The highest BCUT2D eigenvalue weighted by molar-refractivity contribution is 4.89. The van der Waals surface area contributed by atoms with Crippen LogP contribution in [0.15, 0.2) is 0 Å². The SMILES string of the molecule is CC(C)(CCC(C)(C)C1CNC1)OC1CNC1. The summed E-state index contributed by atoms with van der Waals surface area (Å²) in [6.07, 6.45) is 2.86. The molecule has 2 N–H and O–H groups in total. The molecule has 100 valence electrons. The fourth-order valence-corrected chi connectivity index (χ4v) is 2.52. The van der Waals surface area contributed by atoms with E-state index in [0.717, 1.165) is 25.4 Å². The van der Waals surface area contributed by atoms with Crippen LogP contribution in [0.4, 0.5) is 0 Å². The van der Waals surface area contributed by atoms with Gasteiger partial charge in [-0.3, -0.25) is 0 Å². The summed E-state index contributed by atoms with van der Waals surface area (Å²) in [6, 6.07) is 0. The summed E-state index contributed by atoms with van der Waals surface area (Å²) in [5.41, 5.74) is 0.477. The highest BCUT2D eigenvalue weighted by Gasteiger charge is 2.36. The highest BCUT2D eigenvalue weighted by Crippen LogP contribution is 2.37. The standard InChI is InChI=1S/C14H28N2O/c1-13(2,11-7-15-8-11)5-6-14(3,4)17-12-9-16-10-12/h11-12,15-16H,5-10H2,1-4H3. The maximum Gasteiger partial charge on any atom is 0.0830 e. The van der Waals surface area contributed by atoms with Gasteiger partial charge in [-0.25, -0.2) is 0 Å². The molecule has 2 heterocycles. The third kappa shape index (κ3) is 3.43. The second kappa shape index (κ2) is 4.87. The zero-order valence-corrected chi connectivity index (χ0v) is 11.8. The smallest absolute Gasteiger partial charge is 0.0830 e. The van der Waals surface area contributed by atoms with Crippen LogP contribution in [0.5, 0.6) is 0 Å². The maximum absolute atomic E-state index is 6.12. The molecule has 0 aromatic heterocycles. The van der Waals surface area contributed by atoms with E-state index in [-0.39, 0.29) is 5.60 Å². The van der Waals surface area contributed by atoms with Gasteiger partial charge in [-0.05, 0) is 51.1 Å². The van der Waals surface area contributed by atoms with E-state index in [1.165, 1.54) is 19.5 Å². The first kappa shape index (κ1) is 13.3. The van der Waals surface area contributed by atoms with Gasteiger partial charge in [0.1, 0.15) is 0 Å². The van der Waals surface area contributed by atoms with E-state index in [0.29, 0.717) is 11.5 Å². The predicted octanol–water partition coefficient (Wildman–Crippen LogP) is 1.78. The summed E-state index contributed by atoms with van der Waals surface area (Å²) >= 11 is 0. The molecule has 2 fully saturated rings. The van der Waals surface area contributed by atoms with Crippen molar-refractivity contribution in [3.05, 3.63) is 0 Å². The van der Waals surface area contributed by atoms with Crippen LogP contribution in [0.3, 0.4) is 0 Å². The van der Waals surface area contributed by atoms with Gasteiger partial charge >= 0.3 is 0 Å². The van der Waals surface area contributed by atoms with Gasteiger partial charge in [-0.2, -0.15) is 0 Å². The summed E-state index contributed by atoms with van der Waals surface area (Å²) in [7, 11) is 0. The first-order valence-electron chi connectivity index (χ1n) is 6.98.